The predicted molar refractivity (Wildman–Crippen MR) is 83.8 cm³/mol. The van der Waals surface area contributed by atoms with Gasteiger partial charge in [-0.15, -0.1) is 0 Å². The third-order valence-electron chi connectivity index (χ3n) is 5.40. The van der Waals surface area contributed by atoms with Crippen LogP contribution in [0.1, 0.15) is 18.4 Å². The Morgan fingerprint density at radius 3 is 2.96 bits per heavy atom. The highest BCUT2D eigenvalue weighted by Gasteiger charge is 2.64. The molecule has 1 amide bonds. The van der Waals surface area contributed by atoms with Gasteiger partial charge in [0.1, 0.15) is 6.10 Å². The summed E-state index contributed by atoms with van der Waals surface area (Å²) in [6.45, 7) is 1.59. The standard InChI is InChI=1S/C18H19NO5/c1-9-3-2-4-11(5-9)19-14(20)8-23-17(21)15-10-6-12-13(7-10)24-18(22)16(12)15/h2-5,10,12-13,15-16H,6-8H2,1H3,(H,19,20)/t10-,12+,13+,15-,16-/m1/s1. The Hall–Kier alpha value is -2.37. The molecular formula is C18H19NO5. The molecule has 2 saturated carbocycles. The van der Waals surface area contributed by atoms with Crippen molar-refractivity contribution in [2.45, 2.75) is 25.9 Å². The van der Waals surface area contributed by atoms with Crippen molar-refractivity contribution < 1.29 is 23.9 Å². The molecule has 2 bridgehead atoms. The zero-order valence-electron chi connectivity index (χ0n) is 13.4. The van der Waals surface area contributed by atoms with Crippen LogP contribution in [0.15, 0.2) is 24.3 Å². The van der Waals surface area contributed by atoms with Crippen molar-refractivity contribution in [3.05, 3.63) is 29.8 Å². The molecule has 2 aliphatic carbocycles. The third kappa shape index (κ3) is 2.46. The molecular weight excluding hydrogens is 310 g/mol. The molecule has 24 heavy (non-hydrogen) atoms. The first-order valence-electron chi connectivity index (χ1n) is 8.26. The van der Waals surface area contributed by atoms with Gasteiger partial charge in [0.05, 0.1) is 11.8 Å². The molecule has 3 aliphatic rings. The molecule has 0 spiro atoms. The topological polar surface area (TPSA) is 81.7 Å². The number of nitrogens with one attached hydrogen (secondary N) is 1. The van der Waals surface area contributed by atoms with Crippen molar-refractivity contribution >= 4 is 23.5 Å². The highest BCUT2D eigenvalue weighted by Crippen LogP contribution is 2.57. The molecule has 1 saturated heterocycles. The average molecular weight is 329 g/mol. The van der Waals surface area contributed by atoms with Crippen LogP contribution in [0.5, 0.6) is 0 Å². The maximum atomic E-state index is 12.4. The van der Waals surface area contributed by atoms with E-state index in [9.17, 15) is 14.4 Å². The van der Waals surface area contributed by atoms with E-state index in [1.807, 2.05) is 25.1 Å². The number of fused-ring (bicyclic) bond motifs is 1. The fourth-order valence-electron chi connectivity index (χ4n) is 4.48. The first-order chi connectivity index (χ1) is 11.5. The van der Waals surface area contributed by atoms with Crippen molar-refractivity contribution in [2.75, 3.05) is 11.9 Å². The maximum absolute atomic E-state index is 12.4. The first kappa shape index (κ1) is 15.2. The number of hydrogen-bond donors (Lipinski definition) is 1. The van der Waals surface area contributed by atoms with Crippen LogP contribution in [0.4, 0.5) is 5.69 Å². The number of esters is 2. The molecule has 3 fully saturated rings. The number of anilines is 1. The Kier molecular flexibility index (Phi) is 3.55. The number of ether oxygens (including phenoxy) is 2. The molecule has 1 aliphatic heterocycles. The first-order valence-corrected chi connectivity index (χ1v) is 8.26. The van der Waals surface area contributed by atoms with E-state index in [0.717, 1.165) is 18.4 Å². The monoisotopic (exact) mass is 329 g/mol. The molecule has 4 rings (SSSR count). The molecule has 126 valence electrons. The lowest BCUT2D eigenvalue weighted by Gasteiger charge is -2.22. The number of hydrogen-bond acceptors (Lipinski definition) is 5. The number of carbonyl (C=O) groups is 3. The second-order valence-electron chi connectivity index (χ2n) is 6.95. The number of rotatable bonds is 4. The van der Waals surface area contributed by atoms with Crippen molar-refractivity contribution in [1.82, 2.24) is 0 Å². The Morgan fingerprint density at radius 2 is 2.17 bits per heavy atom. The second-order valence-corrected chi connectivity index (χ2v) is 6.95. The van der Waals surface area contributed by atoms with Crippen LogP contribution in [0.3, 0.4) is 0 Å². The van der Waals surface area contributed by atoms with Gasteiger partial charge in [-0.2, -0.15) is 0 Å². The summed E-state index contributed by atoms with van der Waals surface area (Å²) in [6, 6.07) is 7.38. The summed E-state index contributed by atoms with van der Waals surface area (Å²) < 4.78 is 10.5. The Labute approximate surface area is 139 Å². The van der Waals surface area contributed by atoms with E-state index in [1.165, 1.54) is 0 Å². The summed E-state index contributed by atoms with van der Waals surface area (Å²) in [5.41, 5.74) is 1.69. The molecule has 1 heterocycles. The van der Waals surface area contributed by atoms with Gasteiger partial charge in [0.25, 0.3) is 5.91 Å². The molecule has 0 radical (unpaired) electrons. The maximum Gasteiger partial charge on any atom is 0.310 e. The number of carbonyl (C=O) groups excluding carboxylic acids is 3. The number of aryl methyl sites for hydroxylation is 1. The van der Waals surface area contributed by atoms with E-state index in [-0.39, 0.29) is 42.3 Å². The Bertz CT molecular complexity index is 713. The smallest absolute Gasteiger partial charge is 0.310 e. The summed E-state index contributed by atoms with van der Waals surface area (Å²) in [5, 5.41) is 2.70. The summed E-state index contributed by atoms with van der Waals surface area (Å²) in [7, 11) is 0. The minimum Gasteiger partial charge on any atom is -0.462 e. The van der Waals surface area contributed by atoms with Gasteiger partial charge >= 0.3 is 11.9 Å². The highest BCUT2D eigenvalue weighted by molar-refractivity contribution is 5.93. The molecule has 1 N–H and O–H groups in total. The van der Waals surface area contributed by atoms with Crippen LogP contribution in [-0.2, 0) is 23.9 Å². The summed E-state index contributed by atoms with van der Waals surface area (Å²) in [4.78, 5) is 36.2. The summed E-state index contributed by atoms with van der Waals surface area (Å²) in [6.07, 6.45) is 1.57. The second kappa shape index (κ2) is 5.61. The van der Waals surface area contributed by atoms with E-state index in [4.69, 9.17) is 9.47 Å². The van der Waals surface area contributed by atoms with E-state index in [2.05, 4.69) is 5.32 Å². The van der Waals surface area contributed by atoms with E-state index >= 15 is 0 Å². The van der Waals surface area contributed by atoms with E-state index in [0.29, 0.717) is 5.69 Å². The van der Waals surface area contributed by atoms with Gasteiger partial charge in [0.2, 0.25) is 0 Å². The van der Waals surface area contributed by atoms with E-state index < -0.39 is 11.9 Å². The molecule has 0 aromatic heterocycles. The Morgan fingerprint density at radius 1 is 1.33 bits per heavy atom. The molecule has 5 atom stereocenters. The van der Waals surface area contributed by atoms with Crippen LogP contribution in [0.2, 0.25) is 0 Å². The lowest BCUT2D eigenvalue weighted by atomic mass is 9.80. The largest absolute Gasteiger partial charge is 0.462 e. The molecule has 6 heteroatoms. The van der Waals surface area contributed by atoms with Gasteiger partial charge in [-0.05, 0) is 43.4 Å². The normalized spacial score (nSPS) is 32.5. The van der Waals surface area contributed by atoms with Gasteiger partial charge in [-0.3, -0.25) is 14.4 Å². The van der Waals surface area contributed by atoms with Crippen molar-refractivity contribution in [3.63, 3.8) is 0 Å². The summed E-state index contributed by atoms with van der Waals surface area (Å²) in [5.74, 6) is -1.65. The van der Waals surface area contributed by atoms with Crippen LogP contribution >= 0.6 is 0 Å². The quantitative estimate of drug-likeness (QED) is 0.850. The predicted octanol–water partition coefficient (Wildman–Crippen LogP) is 1.67. The van der Waals surface area contributed by atoms with Crippen LogP contribution in [-0.4, -0.2) is 30.6 Å². The average Bonchev–Trinajstić information content (AvgIpc) is 3.14. The van der Waals surface area contributed by atoms with Gasteiger partial charge < -0.3 is 14.8 Å². The van der Waals surface area contributed by atoms with Crippen molar-refractivity contribution in [2.24, 2.45) is 23.7 Å². The fourth-order valence-corrected chi connectivity index (χ4v) is 4.48. The third-order valence-corrected chi connectivity index (χ3v) is 5.40. The fraction of sp³-hybridized carbons (Fsp3) is 0.500. The van der Waals surface area contributed by atoms with Crippen LogP contribution in [0, 0.1) is 30.6 Å². The van der Waals surface area contributed by atoms with Gasteiger partial charge in [0.15, 0.2) is 6.61 Å². The van der Waals surface area contributed by atoms with Gasteiger partial charge in [0, 0.05) is 11.6 Å². The lowest BCUT2D eigenvalue weighted by molar-refractivity contribution is -0.157. The van der Waals surface area contributed by atoms with Crippen molar-refractivity contribution in [1.29, 1.82) is 0 Å². The molecule has 1 aromatic rings. The van der Waals surface area contributed by atoms with Crippen molar-refractivity contribution in [3.8, 4) is 0 Å². The SMILES string of the molecule is Cc1cccc(NC(=O)COC(=O)[C@@H]2[C@@H]3C[C@@H]4[C@H]2C(=O)O[C@H]4C3)c1. The zero-order valence-corrected chi connectivity index (χ0v) is 13.4. The van der Waals surface area contributed by atoms with E-state index in [1.54, 1.807) is 6.07 Å². The minimum atomic E-state index is -0.454. The minimum absolute atomic E-state index is 0.0128. The Balaban J connectivity index is 1.34. The highest BCUT2D eigenvalue weighted by atomic mass is 16.6. The van der Waals surface area contributed by atoms with Gasteiger partial charge in [-0.25, -0.2) is 0 Å². The lowest BCUT2D eigenvalue weighted by Crippen LogP contribution is -2.34. The molecule has 1 aromatic carbocycles. The number of benzene rings is 1. The van der Waals surface area contributed by atoms with Gasteiger partial charge in [-0.1, -0.05) is 12.1 Å². The summed E-state index contributed by atoms with van der Waals surface area (Å²) >= 11 is 0. The number of amides is 1. The molecule has 6 nitrogen and oxygen atoms in total. The van der Waals surface area contributed by atoms with Crippen LogP contribution in [0.25, 0.3) is 0 Å². The van der Waals surface area contributed by atoms with Crippen LogP contribution < -0.4 is 5.32 Å². The molecule has 0 unspecified atom stereocenters. The zero-order chi connectivity index (χ0) is 16.8.